The summed E-state index contributed by atoms with van der Waals surface area (Å²) in [5.41, 5.74) is 7.37. The van der Waals surface area contributed by atoms with Gasteiger partial charge in [-0.3, -0.25) is 9.88 Å². The van der Waals surface area contributed by atoms with Gasteiger partial charge in [-0.25, -0.2) is 0 Å². The van der Waals surface area contributed by atoms with Crippen LogP contribution >= 0.6 is 0 Å². The van der Waals surface area contributed by atoms with Crippen LogP contribution in [0.25, 0.3) is 0 Å². The molecule has 0 amide bonds. The van der Waals surface area contributed by atoms with Crippen molar-refractivity contribution in [1.29, 1.82) is 0 Å². The normalized spacial score (nSPS) is 31.6. The lowest BCUT2D eigenvalue weighted by Gasteiger charge is -2.48. The molecule has 2 atom stereocenters. The van der Waals surface area contributed by atoms with Crippen LogP contribution < -0.4 is 5.73 Å². The quantitative estimate of drug-likeness (QED) is 0.900. The number of aromatic nitrogens is 1. The van der Waals surface area contributed by atoms with Crippen molar-refractivity contribution < 1.29 is 4.74 Å². The molecular formula is C15H25N3O. The molecule has 0 saturated carbocycles. The number of hydrogen-bond donors (Lipinski definition) is 1. The molecule has 1 aliphatic heterocycles. The Morgan fingerprint density at radius 1 is 1.42 bits per heavy atom. The minimum atomic E-state index is 0.0346. The monoisotopic (exact) mass is 263 g/mol. The summed E-state index contributed by atoms with van der Waals surface area (Å²) in [7, 11) is 2.16. The van der Waals surface area contributed by atoms with E-state index in [0.29, 0.717) is 6.54 Å². The van der Waals surface area contributed by atoms with Gasteiger partial charge < -0.3 is 10.5 Å². The van der Waals surface area contributed by atoms with Crippen LogP contribution in [-0.4, -0.2) is 41.2 Å². The largest absolute Gasteiger partial charge is 0.375 e. The van der Waals surface area contributed by atoms with E-state index in [-0.39, 0.29) is 17.7 Å². The van der Waals surface area contributed by atoms with Crippen molar-refractivity contribution >= 4 is 0 Å². The number of rotatable bonds is 4. The lowest BCUT2D eigenvalue weighted by atomic mass is 9.82. The van der Waals surface area contributed by atoms with Gasteiger partial charge in [0.25, 0.3) is 0 Å². The summed E-state index contributed by atoms with van der Waals surface area (Å²) in [6.45, 7) is 5.82. The summed E-state index contributed by atoms with van der Waals surface area (Å²) in [6, 6.07) is 4.09. The number of nitrogens with zero attached hydrogens (tertiary/aromatic N) is 2. The predicted octanol–water partition coefficient (Wildman–Crippen LogP) is 1.80. The molecule has 1 fully saturated rings. The SMILES string of the molecule is CC1CC(CN)(N(C)Cc2cccnc2)CC(C)O1. The average molecular weight is 263 g/mol. The van der Waals surface area contributed by atoms with Crippen molar-refractivity contribution in [2.75, 3.05) is 13.6 Å². The first-order chi connectivity index (χ1) is 9.05. The van der Waals surface area contributed by atoms with Crippen LogP contribution in [0.3, 0.4) is 0 Å². The van der Waals surface area contributed by atoms with E-state index in [1.54, 1.807) is 6.20 Å². The van der Waals surface area contributed by atoms with Crippen LogP contribution in [-0.2, 0) is 11.3 Å². The highest BCUT2D eigenvalue weighted by atomic mass is 16.5. The number of nitrogens with two attached hydrogens (primary N) is 1. The van der Waals surface area contributed by atoms with Gasteiger partial charge in [0.1, 0.15) is 0 Å². The molecule has 1 aliphatic rings. The molecule has 0 aliphatic carbocycles. The lowest BCUT2D eigenvalue weighted by Crippen LogP contribution is -2.58. The van der Waals surface area contributed by atoms with Crippen molar-refractivity contribution in [3.8, 4) is 0 Å². The standard InChI is InChI=1S/C15H25N3O/c1-12-7-15(11-16,8-13(2)19-12)18(3)10-14-5-4-6-17-9-14/h4-6,9,12-13H,7-8,10-11,16H2,1-3H3. The molecule has 2 heterocycles. The first-order valence-corrected chi connectivity index (χ1v) is 7.01. The summed E-state index contributed by atoms with van der Waals surface area (Å²) < 4.78 is 5.85. The molecule has 4 nitrogen and oxygen atoms in total. The summed E-state index contributed by atoms with van der Waals surface area (Å²) >= 11 is 0. The second-order valence-corrected chi connectivity index (χ2v) is 5.81. The highest BCUT2D eigenvalue weighted by molar-refractivity contribution is 5.09. The van der Waals surface area contributed by atoms with Crippen LogP contribution in [0.15, 0.2) is 24.5 Å². The molecular weight excluding hydrogens is 238 g/mol. The minimum absolute atomic E-state index is 0.0346. The van der Waals surface area contributed by atoms with Gasteiger partial charge in [-0.05, 0) is 45.4 Å². The molecule has 2 N–H and O–H groups in total. The zero-order chi connectivity index (χ0) is 13.9. The Balaban J connectivity index is 2.11. The van der Waals surface area contributed by atoms with Gasteiger partial charge in [0.15, 0.2) is 0 Å². The summed E-state index contributed by atoms with van der Waals surface area (Å²) in [5.74, 6) is 0. The van der Waals surface area contributed by atoms with Gasteiger partial charge in [-0.15, -0.1) is 0 Å². The van der Waals surface area contributed by atoms with E-state index >= 15 is 0 Å². The van der Waals surface area contributed by atoms with E-state index in [2.05, 4.69) is 36.8 Å². The van der Waals surface area contributed by atoms with Gasteiger partial charge in [-0.2, -0.15) is 0 Å². The smallest absolute Gasteiger partial charge is 0.0568 e. The Labute approximate surface area is 116 Å². The van der Waals surface area contributed by atoms with Crippen LogP contribution in [0.2, 0.25) is 0 Å². The maximum atomic E-state index is 6.10. The Morgan fingerprint density at radius 2 is 2.11 bits per heavy atom. The summed E-state index contributed by atoms with van der Waals surface area (Å²) in [4.78, 5) is 6.55. The third-order valence-corrected chi connectivity index (χ3v) is 4.13. The van der Waals surface area contributed by atoms with E-state index < -0.39 is 0 Å². The number of pyridine rings is 1. The molecule has 4 heteroatoms. The number of hydrogen-bond acceptors (Lipinski definition) is 4. The molecule has 1 aromatic rings. The van der Waals surface area contributed by atoms with Gasteiger partial charge in [0, 0.05) is 31.0 Å². The van der Waals surface area contributed by atoms with Gasteiger partial charge in [0.05, 0.1) is 12.2 Å². The van der Waals surface area contributed by atoms with Crippen molar-refractivity contribution in [3.63, 3.8) is 0 Å². The second-order valence-electron chi connectivity index (χ2n) is 5.81. The third-order valence-electron chi connectivity index (χ3n) is 4.13. The Hall–Kier alpha value is -0.970. The van der Waals surface area contributed by atoms with E-state index in [9.17, 15) is 0 Å². The second kappa shape index (κ2) is 5.99. The molecule has 2 rings (SSSR count). The molecule has 0 spiro atoms. The van der Waals surface area contributed by atoms with Crippen LogP contribution in [0, 0.1) is 0 Å². The van der Waals surface area contributed by atoms with Crippen molar-refractivity contribution in [2.45, 2.75) is 51.0 Å². The van der Waals surface area contributed by atoms with Crippen molar-refractivity contribution in [2.24, 2.45) is 5.73 Å². The zero-order valence-electron chi connectivity index (χ0n) is 12.2. The zero-order valence-corrected chi connectivity index (χ0v) is 12.2. The van der Waals surface area contributed by atoms with E-state index in [4.69, 9.17) is 10.5 Å². The van der Waals surface area contributed by atoms with Crippen molar-refractivity contribution in [3.05, 3.63) is 30.1 Å². The third kappa shape index (κ3) is 3.32. The Kier molecular flexibility index (Phi) is 4.55. The molecule has 1 saturated heterocycles. The van der Waals surface area contributed by atoms with Gasteiger partial charge >= 0.3 is 0 Å². The van der Waals surface area contributed by atoms with Crippen LogP contribution in [0.4, 0.5) is 0 Å². The first-order valence-electron chi connectivity index (χ1n) is 7.01. The molecule has 19 heavy (non-hydrogen) atoms. The fraction of sp³-hybridized carbons (Fsp3) is 0.667. The Morgan fingerprint density at radius 3 is 2.63 bits per heavy atom. The van der Waals surface area contributed by atoms with Gasteiger partial charge in [0.2, 0.25) is 0 Å². The van der Waals surface area contributed by atoms with Crippen LogP contribution in [0.1, 0.15) is 32.3 Å². The minimum Gasteiger partial charge on any atom is -0.375 e. The molecule has 0 radical (unpaired) electrons. The molecule has 106 valence electrons. The molecule has 0 aromatic carbocycles. The first kappa shape index (κ1) is 14.4. The maximum Gasteiger partial charge on any atom is 0.0568 e. The summed E-state index contributed by atoms with van der Waals surface area (Å²) in [6.07, 6.45) is 6.25. The van der Waals surface area contributed by atoms with E-state index in [1.807, 2.05) is 12.3 Å². The lowest BCUT2D eigenvalue weighted by molar-refractivity contribution is -0.0994. The fourth-order valence-electron chi connectivity index (χ4n) is 3.21. The topological polar surface area (TPSA) is 51.4 Å². The highest BCUT2D eigenvalue weighted by Gasteiger charge is 2.40. The fourth-order valence-corrected chi connectivity index (χ4v) is 3.21. The van der Waals surface area contributed by atoms with Crippen molar-refractivity contribution in [1.82, 2.24) is 9.88 Å². The highest BCUT2D eigenvalue weighted by Crippen LogP contribution is 2.33. The van der Waals surface area contributed by atoms with Crippen LogP contribution in [0.5, 0.6) is 0 Å². The maximum absolute atomic E-state index is 6.10. The summed E-state index contributed by atoms with van der Waals surface area (Å²) in [5, 5.41) is 0. The van der Waals surface area contributed by atoms with E-state index in [1.165, 1.54) is 5.56 Å². The number of likely N-dealkylation sites (N-methyl/N-ethyl adjacent to an activating group) is 1. The molecule has 2 unspecified atom stereocenters. The Bertz CT molecular complexity index is 386. The number of ether oxygens (including phenoxy) is 1. The van der Waals surface area contributed by atoms with E-state index in [0.717, 1.165) is 19.4 Å². The average Bonchev–Trinajstić information content (AvgIpc) is 2.38. The molecule has 0 bridgehead atoms. The van der Waals surface area contributed by atoms with Gasteiger partial charge in [-0.1, -0.05) is 6.07 Å². The molecule has 1 aromatic heterocycles. The predicted molar refractivity (Wildman–Crippen MR) is 76.7 cm³/mol.